The molecule has 1 aromatic carbocycles. The Morgan fingerprint density at radius 2 is 2.10 bits per heavy atom. The van der Waals surface area contributed by atoms with Gasteiger partial charge in [0.05, 0.1) is 9.92 Å². The lowest BCUT2D eigenvalue weighted by molar-refractivity contribution is 0.304. The number of sulfonamides is 1. The quantitative estimate of drug-likeness (QED) is 0.938. The van der Waals surface area contributed by atoms with E-state index in [1.54, 1.807) is 25.3 Å². The summed E-state index contributed by atoms with van der Waals surface area (Å²) < 4.78 is 28.1. The van der Waals surface area contributed by atoms with E-state index in [-0.39, 0.29) is 11.5 Å². The van der Waals surface area contributed by atoms with Crippen LogP contribution in [0.4, 0.5) is 0 Å². The van der Waals surface area contributed by atoms with E-state index in [4.69, 9.17) is 21.5 Å². The van der Waals surface area contributed by atoms with Crippen LogP contribution in [0.15, 0.2) is 41.6 Å². The van der Waals surface area contributed by atoms with Crippen molar-refractivity contribution < 1.29 is 13.2 Å². The molecule has 0 atom stereocenters. The van der Waals surface area contributed by atoms with Crippen molar-refractivity contribution in [1.29, 1.82) is 0 Å². The predicted molar refractivity (Wildman–Crippen MR) is 76.1 cm³/mol. The first-order valence-corrected chi connectivity index (χ1v) is 7.65. The Hall–Kier alpha value is -1.63. The zero-order chi connectivity index (χ0) is 14.8. The maximum atomic E-state index is 11.2. The normalized spacial score (nSPS) is 11.3. The van der Waals surface area contributed by atoms with Crippen molar-refractivity contribution in [2.45, 2.75) is 18.4 Å². The van der Waals surface area contributed by atoms with Gasteiger partial charge in [-0.3, -0.25) is 4.98 Å². The van der Waals surface area contributed by atoms with Crippen molar-refractivity contribution in [2.75, 3.05) is 0 Å². The van der Waals surface area contributed by atoms with Crippen LogP contribution in [0.2, 0.25) is 5.02 Å². The molecule has 20 heavy (non-hydrogen) atoms. The number of halogens is 1. The van der Waals surface area contributed by atoms with Crippen LogP contribution in [0.25, 0.3) is 0 Å². The summed E-state index contributed by atoms with van der Waals surface area (Å²) in [5, 5.41) is 5.59. The fourth-order valence-corrected chi connectivity index (χ4v) is 2.41. The van der Waals surface area contributed by atoms with Crippen LogP contribution in [-0.4, -0.2) is 13.4 Å². The molecule has 2 aromatic rings. The Labute approximate surface area is 122 Å². The van der Waals surface area contributed by atoms with E-state index in [1.165, 1.54) is 18.3 Å². The Bertz CT molecular complexity index is 732. The number of hydrogen-bond acceptors (Lipinski definition) is 4. The maximum Gasteiger partial charge on any atom is 0.238 e. The second-order valence-corrected chi connectivity index (χ2v) is 6.20. The largest absolute Gasteiger partial charge is 0.489 e. The standard InChI is InChI=1S/C13H13ClN2O3S/c1-9-6-11(20(15,17)18)2-3-13(9)19-8-10-4-5-16-7-12(10)14/h2-7H,8H2,1H3,(H2,15,17,18). The third-order valence-corrected chi connectivity index (χ3v) is 3.97. The zero-order valence-corrected chi connectivity index (χ0v) is 12.3. The summed E-state index contributed by atoms with van der Waals surface area (Å²) in [5.74, 6) is 0.574. The molecule has 0 radical (unpaired) electrons. The first-order valence-electron chi connectivity index (χ1n) is 5.72. The van der Waals surface area contributed by atoms with Crippen LogP contribution >= 0.6 is 11.6 Å². The van der Waals surface area contributed by atoms with Crippen molar-refractivity contribution >= 4 is 21.6 Å². The number of ether oxygens (including phenoxy) is 1. The van der Waals surface area contributed by atoms with Gasteiger partial charge in [0.1, 0.15) is 12.4 Å². The Balaban J connectivity index is 2.17. The minimum atomic E-state index is -3.70. The topological polar surface area (TPSA) is 82.3 Å². The van der Waals surface area contributed by atoms with Gasteiger partial charge in [0.15, 0.2) is 0 Å². The number of aromatic nitrogens is 1. The molecule has 0 saturated carbocycles. The SMILES string of the molecule is Cc1cc(S(N)(=O)=O)ccc1OCc1ccncc1Cl. The minimum Gasteiger partial charge on any atom is -0.489 e. The van der Waals surface area contributed by atoms with Gasteiger partial charge in [0.2, 0.25) is 10.0 Å². The maximum absolute atomic E-state index is 11.2. The van der Waals surface area contributed by atoms with Crippen LogP contribution in [-0.2, 0) is 16.6 Å². The molecule has 1 heterocycles. The third kappa shape index (κ3) is 3.47. The van der Waals surface area contributed by atoms with Crippen molar-refractivity contribution in [2.24, 2.45) is 5.14 Å². The highest BCUT2D eigenvalue weighted by molar-refractivity contribution is 7.89. The second-order valence-electron chi connectivity index (χ2n) is 4.23. The minimum absolute atomic E-state index is 0.0595. The summed E-state index contributed by atoms with van der Waals surface area (Å²) >= 11 is 5.98. The van der Waals surface area contributed by atoms with Crippen LogP contribution in [0.3, 0.4) is 0 Å². The Morgan fingerprint density at radius 1 is 1.35 bits per heavy atom. The summed E-state index contributed by atoms with van der Waals surface area (Å²) in [5.41, 5.74) is 1.48. The third-order valence-electron chi connectivity index (χ3n) is 2.71. The number of rotatable bonds is 4. The van der Waals surface area contributed by atoms with E-state index in [0.29, 0.717) is 16.3 Å². The van der Waals surface area contributed by atoms with Crippen molar-refractivity contribution in [3.05, 3.63) is 52.8 Å². The van der Waals surface area contributed by atoms with Gasteiger partial charge in [-0.05, 0) is 36.8 Å². The number of nitrogens with zero attached hydrogens (tertiary/aromatic N) is 1. The average Bonchev–Trinajstić information content (AvgIpc) is 2.38. The molecule has 0 spiro atoms. The van der Waals surface area contributed by atoms with Gasteiger partial charge >= 0.3 is 0 Å². The molecule has 0 aliphatic rings. The molecule has 0 aliphatic heterocycles. The van der Waals surface area contributed by atoms with Crippen LogP contribution in [0, 0.1) is 6.92 Å². The van der Waals surface area contributed by atoms with Crippen LogP contribution < -0.4 is 9.88 Å². The van der Waals surface area contributed by atoms with Crippen molar-refractivity contribution in [3.8, 4) is 5.75 Å². The summed E-state index contributed by atoms with van der Waals surface area (Å²) in [6, 6.07) is 6.21. The smallest absolute Gasteiger partial charge is 0.238 e. The molecular formula is C13H13ClN2O3S. The number of hydrogen-bond donors (Lipinski definition) is 1. The summed E-state index contributed by atoms with van der Waals surface area (Å²) in [4.78, 5) is 3.95. The lowest BCUT2D eigenvalue weighted by Gasteiger charge is -2.11. The molecule has 0 bridgehead atoms. The molecule has 0 fully saturated rings. The lowest BCUT2D eigenvalue weighted by Crippen LogP contribution is -2.12. The van der Waals surface area contributed by atoms with Crippen molar-refractivity contribution in [1.82, 2.24) is 4.98 Å². The number of benzene rings is 1. The van der Waals surface area contributed by atoms with E-state index >= 15 is 0 Å². The second kappa shape index (κ2) is 5.78. The van der Waals surface area contributed by atoms with Gasteiger partial charge in [0.25, 0.3) is 0 Å². The van der Waals surface area contributed by atoms with Gasteiger partial charge < -0.3 is 4.74 Å². The fraction of sp³-hybridized carbons (Fsp3) is 0.154. The molecule has 0 unspecified atom stereocenters. The highest BCUT2D eigenvalue weighted by Gasteiger charge is 2.10. The van der Waals surface area contributed by atoms with Gasteiger partial charge in [-0.1, -0.05) is 11.6 Å². The Morgan fingerprint density at radius 3 is 2.70 bits per heavy atom. The molecule has 1 aromatic heterocycles. The van der Waals surface area contributed by atoms with Gasteiger partial charge in [-0.25, -0.2) is 13.6 Å². The summed E-state index contributed by atoms with van der Waals surface area (Å²) in [6.07, 6.45) is 3.17. The van der Waals surface area contributed by atoms with Crippen molar-refractivity contribution in [3.63, 3.8) is 0 Å². The van der Waals surface area contributed by atoms with Gasteiger partial charge in [0, 0.05) is 18.0 Å². The first-order chi connectivity index (χ1) is 9.38. The van der Waals surface area contributed by atoms with E-state index in [0.717, 1.165) is 5.56 Å². The number of pyridine rings is 1. The Kier molecular flexibility index (Phi) is 4.27. The fourth-order valence-electron chi connectivity index (χ4n) is 1.64. The molecule has 0 saturated heterocycles. The lowest BCUT2D eigenvalue weighted by atomic mass is 10.2. The van der Waals surface area contributed by atoms with E-state index in [9.17, 15) is 8.42 Å². The first kappa shape index (κ1) is 14.8. The van der Waals surface area contributed by atoms with E-state index < -0.39 is 10.0 Å². The van der Waals surface area contributed by atoms with Crippen LogP contribution in [0.1, 0.15) is 11.1 Å². The van der Waals surface area contributed by atoms with Gasteiger partial charge in [-0.2, -0.15) is 0 Å². The van der Waals surface area contributed by atoms with E-state index in [2.05, 4.69) is 4.98 Å². The summed E-state index contributed by atoms with van der Waals surface area (Å²) in [6.45, 7) is 2.02. The molecule has 0 amide bonds. The van der Waals surface area contributed by atoms with Gasteiger partial charge in [-0.15, -0.1) is 0 Å². The monoisotopic (exact) mass is 312 g/mol. The predicted octanol–water partition coefficient (Wildman–Crippen LogP) is 2.27. The number of aryl methyl sites for hydroxylation is 1. The number of nitrogens with two attached hydrogens (primary N) is 1. The average molecular weight is 313 g/mol. The summed E-state index contributed by atoms with van der Waals surface area (Å²) in [7, 11) is -3.70. The zero-order valence-electron chi connectivity index (χ0n) is 10.7. The van der Waals surface area contributed by atoms with Crippen LogP contribution in [0.5, 0.6) is 5.75 Å². The number of primary sulfonamides is 1. The molecule has 5 nitrogen and oxygen atoms in total. The highest BCUT2D eigenvalue weighted by Crippen LogP contribution is 2.23. The molecule has 7 heteroatoms. The van der Waals surface area contributed by atoms with E-state index in [1.807, 2.05) is 0 Å². The molecule has 0 aliphatic carbocycles. The molecule has 2 rings (SSSR count). The molecule has 2 N–H and O–H groups in total. The molecule has 106 valence electrons. The highest BCUT2D eigenvalue weighted by atomic mass is 35.5. The molecular weight excluding hydrogens is 300 g/mol.